The minimum absolute atomic E-state index is 0.0996. The number of hydrogen-bond acceptors (Lipinski definition) is 5. The standard InChI is InChI=1S/C9H15NO5/c1-2-14-8(12)5-7(11)6-10-3-4-15-9(10)13/h7,11H,2-6H2,1H3. The van der Waals surface area contributed by atoms with Crippen LogP contribution >= 0.6 is 0 Å². The molecule has 1 heterocycles. The number of β-amino-alcohol motifs (C(OH)–C–C–N with tert-alkyl or cyclic N) is 1. The van der Waals surface area contributed by atoms with Gasteiger partial charge in [-0.2, -0.15) is 0 Å². The molecule has 0 aliphatic carbocycles. The van der Waals surface area contributed by atoms with E-state index in [2.05, 4.69) is 9.47 Å². The topological polar surface area (TPSA) is 76.1 Å². The van der Waals surface area contributed by atoms with Crippen LogP contribution in [0.25, 0.3) is 0 Å². The zero-order valence-corrected chi connectivity index (χ0v) is 8.64. The first kappa shape index (κ1) is 11.8. The number of esters is 1. The van der Waals surface area contributed by atoms with E-state index in [1.165, 1.54) is 4.90 Å². The monoisotopic (exact) mass is 217 g/mol. The molecule has 6 heteroatoms. The third-order valence-corrected chi connectivity index (χ3v) is 1.98. The summed E-state index contributed by atoms with van der Waals surface area (Å²) in [5, 5.41) is 9.47. The van der Waals surface area contributed by atoms with E-state index >= 15 is 0 Å². The van der Waals surface area contributed by atoms with Crippen molar-refractivity contribution in [2.45, 2.75) is 19.4 Å². The Morgan fingerprint density at radius 3 is 3.00 bits per heavy atom. The molecule has 0 radical (unpaired) electrons. The predicted octanol–water partition coefficient (Wildman–Crippen LogP) is -0.247. The summed E-state index contributed by atoms with van der Waals surface area (Å²) in [4.78, 5) is 23.4. The van der Waals surface area contributed by atoms with E-state index < -0.39 is 18.2 Å². The largest absolute Gasteiger partial charge is 0.466 e. The number of hydrogen-bond donors (Lipinski definition) is 1. The molecular formula is C9H15NO5. The molecule has 0 aromatic rings. The van der Waals surface area contributed by atoms with Crippen molar-refractivity contribution in [3.8, 4) is 0 Å². The van der Waals surface area contributed by atoms with E-state index in [1.807, 2.05) is 0 Å². The molecule has 0 spiro atoms. The van der Waals surface area contributed by atoms with Crippen LogP contribution in [0.4, 0.5) is 4.79 Å². The molecule has 1 rings (SSSR count). The molecule has 86 valence electrons. The van der Waals surface area contributed by atoms with Crippen molar-refractivity contribution in [2.75, 3.05) is 26.3 Å². The minimum Gasteiger partial charge on any atom is -0.466 e. The van der Waals surface area contributed by atoms with E-state index in [1.54, 1.807) is 6.92 Å². The number of aliphatic hydroxyl groups is 1. The van der Waals surface area contributed by atoms with Crippen LogP contribution in [0.5, 0.6) is 0 Å². The summed E-state index contributed by atoms with van der Waals surface area (Å²) >= 11 is 0. The summed E-state index contributed by atoms with van der Waals surface area (Å²) in [7, 11) is 0. The highest BCUT2D eigenvalue weighted by Gasteiger charge is 2.25. The van der Waals surface area contributed by atoms with Gasteiger partial charge in [-0.1, -0.05) is 0 Å². The second kappa shape index (κ2) is 5.55. The molecule has 1 aliphatic heterocycles. The molecule has 6 nitrogen and oxygen atoms in total. The summed E-state index contributed by atoms with van der Waals surface area (Å²) in [5.41, 5.74) is 0. The van der Waals surface area contributed by atoms with Crippen molar-refractivity contribution in [1.29, 1.82) is 0 Å². The maximum Gasteiger partial charge on any atom is 0.410 e. The molecule has 1 aliphatic rings. The van der Waals surface area contributed by atoms with Gasteiger partial charge in [0.05, 0.1) is 32.2 Å². The van der Waals surface area contributed by atoms with Gasteiger partial charge in [-0.05, 0) is 6.92 Å². The van der Waals surface area contributed by atoms with Crippen LogP contribution in [0.15, 0.2) is 0 Å². The Hall–Kier alpha value is -1.30. The van der Waals surface area contributed by atoms with Gasteiger partial charge in [0.1, 0.15) is 6.61 Å². The number of ether oxygens (including phenoxy) is 2. The van der Waals surface area contributed by atoms with Gasteiger partial charge >= 0.3 is 12.1 Å². The Bertz CT molecular complexity index is 243. The lowest BCUT2D eigenvalue weighted by Crippen LogP contribution is -2.34. The van der Waals surface area contributed by atoms with E-state index in [0.29, 0.717) is 13.2 Å². The average Bonchev–Trinajstić information content (AvgIpc) is 2.52. The summed E-state index contributed by atoms with van der Waals surface area (Å²) in [5.74, 6) is -0.461. The highest BCUT2D eigenvalue weighted by Crippen LogP contribution is 2.06. The smallest absolute Gasteiger partial charge is 0.410 e. The molecule has 15 heavy (non-hydrogen) atoms. The molecule has 1 unspecified atom stereocenters. The Balaban J connectivity index is 2.26. The quantitative estimate of drug-likeness (QED) is 0.643. The van der Waals surface area contributed by atoms with Crippen molar-refractivity contribution in [3.05, 3.63) is 0 Å². The zero-order chi connectivity index (χ0) is 11.3. The van der Waals surface area contributed by atoms with Crippen LogP contribution in [0.3, 0.4) is 0 Å². The maximum atomic E-state index is 11.0. The van der Waals surface area contributed by atoms with E-state index in [-0.39, 0.29) is 19.6 Å². The fraction of sp³-hybridized carbons (Fsp3) is 0.778. The van der Waals surface area contributed by atoms with E-state index in [0.717, 1.165) is 0 Å². The van der Waals surface area contributed by atoms with Crippen LogP contribution in [-0.2, 0) is 14.3 Å². The Labute approximate surface area is 87.8 Å². The summed E-state index contributed by atoms with van der Waals surface area (Å²) in [6.45, 7) is 2.89. The van der Waals surface area contributed by atoms with Gasteiger partial charge in [-0.15, -0.1) is 0 Å². The molecule has 0 saturated carbocycles. The van der Waals surface area contributed by atoms with Crippen molar-refractivity contribution >= 4 is 12.1 Å². The Morgan fingerprint density at radius 1 is 1.73 bits per heavy atom. The summed E-state index contributed by atoms with van der Waals surface area (Å²) in [6.07, 6.45) is -1.44. The lowest BCUT2D eigenvalue weighted by atomic mass is 10.2. The number of rotatable bonds is 5. The minimum atomic E-state index is -0.894. The fourth-order valence-electron chi connectivity index (χ4n) is 1.32. The molecule has 0 aromatic carbocycles. The highest BCUT2D eigenvalue weighted by atomic mass is 16.6. The normalized spacial score (nSPS) is 17.5. The summed E-state index contributed by atoms with van der Waals surface area (Å²) < 4.78 is 9.35. The Morgan fingerprint density at radius 2 is 2.47 bits per heavy atom. The number of carbonyl (C=O) groups excluding carboxylic acids is 2. The van der Waals surface area contributed by atoms with Gasteiger partial charge in [0.25, 0.3) is 0 Å². The van der Waals surface area contributed by atoms with Gasteiger partial charge in [0, 0.05) is 0 Å². The Kier molecular flexibility index (Phi) is 4.36. The molecule has 1 saturated heterocycles. The number of amides is 1. The molecule has 1 N–H and O–H groups in total. The number of nitrogens with zero attached hydrogens (tertiary/aromatic N) is 1. The van der Waals surface area contributed by atoms with Crippen LogP contribution in [-0.4, -0.2) is 54.5 Å². The van der Waals surface area contributed by atoms with Gasteiger partial charge in [-0.25, -0.2) is 4.79 Å². The van der Waals surface area contributed by atoms with Gasteiger partial charge in [0.15, 0.2) is 0 Å². The van der Waals surface area contributed by atoms with Crippen molar-refractivity contribution in [1.82, 2.24) is 4.90 Å². The van der Waals surface area contributed by atoms with Crippen molar-refractivity contribution in [2.24, 2.45) is 0 Å². The lowest BCUT2D eigenvalue weighted by molar-refractivity contribution is -0.145. The van der Waals surface area contributed by atoms with E-state index in [4.69, 9.17) is 0 Å². The van der Waals surface area contributed by atoms with Crippen LogP contribution < -0.4 is 0 Å². The molecule has 0 aromatic heterocycles. The first-order valence-corrected chi connectivity index (χ1v) is 4.89. The third kappa shape index (κ3) is 3.75. The first-order valence-electron chi connectivity index (χ1n) is 4.89. The van der Waals surface area contributed by atoms with Crippen LogP contribution in [0.1, 0.15) is 13.3 Å². The van der Waals surface area contributed by atoms with Crippen LogP contribution in [0.2, 0.25) is 0 Å². The van der Waals surface area contributed by atoms with Gasteiger partial charge in [-0.3, -0.25) is 4.79 Å². The third-order valence-electron chi connectivity index (χ3n) is 1.98. The van der Waals surface area contributed by atoms with Gasteiger partial charge in [0.2, 0.25) is 0 Å². The first-order chi connectivity index (χ1) is 7.13. The van der Waals surface area contributed by atoms with Crippen molar-refractivity contribution in [3.63, 3.8) is 0 Å². The second-order valence-electron chi connectivity index (χ2n) is 3.22. The number of cyclic esters (lactones) is 1. The lowest BCUT2D eigenvalue weighted by Gasteiger charge is -2.16. The van der Waals surface area contributed by atoms with Gasteiger partial charge < -0.3 is 19.5 Å². The van der Waals surface area contributed by atoms with Crippen molar-refractivity contribution < 1.29 is 24.2 Å². The average molecular weight is 217 g/mol. The van der Waals surface area contributed by atoms with Crippen LogP contribution in [0, 0.1) is 0 Å². The number of carbonyl (C=O) groups is 2. The zero-order valence-electron chi connectivity index (χ0n) is 8.64. The molecule has 1 atom stereocenters. The highest BCUT2D eigenvalue weighted by molar-refractivity contribution is 5.71. The molecule has 0 bridgehead atoms. The molecular weight excluding hydrogens is 202 g/mol. The second-order valence-corrected chi connectivity index (χ2v) is 3.22. The number of aliphatic hydroxyl groups excluding tert-OH is 1. The molecule has 1 amide bonds. The summed E-state index contributed by atoms with van der Waals surface area (Å²) in [6, 6.07) is 0. The predicted molar refractivity (Wildman–Crippen MR) is 50.2 cm³/mol. The SMILES string of the molecule is CCOC(=O)CC(O)CN1CCOC1=O. The van der Waals surface area contributed by atoms with E-state index in [9.17, 15) is 14.7 Å². The maximum absolute atomic E-state index is 11.0. The molecule has 1 fully saturated rings. The fourth-order valence-corrected chi connectivity index (χ4v) is 1.32.